The zero-order chi connectivity index (χ0) is 14.2. The molecule has 2 rings (SSSR count). The first-order valence-electron chi connectivity index (χ1n) is 5.65. The zero-order valence-corrected chi connectivity index (χ0v) is 10.1. The number of anilines is 1. The molecule has 1 aliphatic rings. The predicted molar refractivity (Wildman–Crippen MR) is 64.1 cm³/mol. The lowest BCUT2D eigenvalue weighted by Gasteiger charge is -2.22. The van der Waals surface area contributed by atoms with E-state index in [0.29, 0.717) is 11.3 Å². The van der Waals surface area contributed by atoms with Gasteiger partial charge in [-0.2, -0.15) is 13.2 Å². The van der Waals surface area contributed by atoms with E-state index in [4.69, 9.17) is 5.11 Å². The van der Waals surface area contributed by atoms with Gasteiger partial charge in [0.1, 0.15) is 0 Å². The van der Waals surface area contributed by atoms with E-state index in [0.717, 1.165) is 11.6 Å². The number of hydrogen-bond donors (Lipinski definition) is 2. The van der Waals surface area contributed by atoms with Gasteiger partial charge >= 0.3 is 12.1 Å². The molecule has 1 unspecified atom stereocenters. The largest absolute Gasteiger partial charge is 0.478 e. The molecule has 102 valence electrons. The Bertz CT molecular complexity index is 549. The number of allylic oxidation sites excluding steroid dienone is 1. The first-order valence-corrected chi connectivity index (χ1v) is 5.65. The summed E-state index contributed by atoms with van der Waals surface area (Å²) < 4.78 is 38.8. The van der Waals surface area contributed by atoms with Crippen LogP contribution in [-0.2, 0) is 11.2 Å². The Morgan fingerprint density at radius 3 is 2.68 bits per heavy atom. The van der Waals surface area contributed by atoms with Gasteiger partial charge in [-0.15, -0.1) is 0 Å². The average molecular weight is 271 g/mol. The fraction of sp³-hybridized carbons (Fsp3) is 0.308. The summed E-state index contributed by atoms with van der Waals surface area (Å²) in [4.78, 5) is 11.0. The molecule has 1 heterocycles. The molecule has 3 nitrogen and oxygen atoms in total. The van der Waals surface area contributed by atoms with E-state index in [2.05, 4.69) is 5.32 Å². The predicted octanol–water partition coefficient (Wildman–Crippen LogP) is 2.90. The van der Waals surface area contributed by atoms with Crippen molar-refractivity contribution in [3.63, 3.8) is 0 Å². The number of carboxylic acid groups (broad SMARTS) is 1. The highest BCUT2D eigenvalue weighted by atomic mass is 19.4. The highest BCUT2D eigenvalue weighted by Gasteiger charge is 2.45. The van der Waals surface area contributed by atoms with Crippen LogP contribution in [0.1, 0.15) is 11.1 Å². The summed E-state index contributed by atoms with van der Waals surface area (Å²) in [5.74, 6) is -1.56. The maximum Gasteiger partial charge on any atom is 0.413 e. The highest BCUT2D eigenvalue weighted by Crippen LogP contribution is 2.33. The van der Waals surface area contributed by atoms with E-state index in [1.807, 2.05) is 6.92 Å². The second kappa shape index (κ2) is 4.60. The number of rotatable bonds is 1. The monoisotopic (exact) mass is 271 g/mol. The minimum absolute atomic E-state index is 0.165. The number of aryl methyl sites for hydroxylation is 1. The molecular formula is C13H12F3NO2. The van der Waals surface area contributed by atoms with Gasteiger partial charge in [0.25, 0.3) is 0 Å². The van der Waals surface area contributed by atoms with Crippen molar-refractivity contribution in [1.82, 2.24) is 0 Å². The molecule has 0 spiro atoms. The van der Waals surface area contributed by atoms with E-state index >= 15 is 0 Å². The maximum atomic E-state index is 12.9. The summed E-state index contributed by atoms with van der Waals surface area (Å²) in [6.45, 7) is 1.83. The molecule has 0 amide bonds. The van der Waals surface area contributed by atoms with Crippen molar-refractivity contribution in [3.05, 3.63) is 41.0 Å². The van der Waals surface area contributed by atoms with Gasteiger partial charge < -0.3 is 10.4 Å². The lowest BCUT2D eigenvalue weighted by Crippen LogP contribution is -2.40. The third kappa shape index (κ3) is 2.72. The van der Waals surface area contributed by atoms with Crippen LogP contribution in [0.15, 0.2) is 29.8 Å². The fourth-order valence-electron chi connectivity index (χ4n) is 2.07. The average Bonchev–Trinajstić information content (AvgIpc) is 2.47. The number of fused-ring (bicyclic) bond motifs is 1. The Balaban J connectivity index is 2.48. The second-order valence-corrected chi connectivity index (χ2v) is 4.45. The Morgan fingerprint density at radius 1 is 1.42 bits per heavy atom. The molecule has 0 bridgehead atoms. The third-order valence-electron chi connectivity index (χ3n) is 2.99. The van der Waals surface area contributed by atoms with Crippen molar-refractivity contribution in [3.8, 4) is 0 Å². The van der Waals surface area contributed by atoms with Crippen molar-refractivity contribution < 1.29 is 23.1 Å². The van der Waals surface area contributed by atoms with E-state index in [-0.39, 0.29) is 6.42 Å². The molecule has 1 atom stereocenters. The van der Waals surface area contributed by atoms with Gasteiger partial charge in [-0.25, -0.2) is 4.79 Å². The first kappa shape index (κ1) is 13.5. The summed E-state index contributed by atoms with van der Waals surface area (Å²) in [6, 6.07) is 2.79. The van der Waals surface area contributed by atoms with Crippen LogP contribution in [0.2, 0.25) is 0 Å². The molecule has 0 aromatic heterocycles. The molecule has 1 aliphatic heterocycles. The summed E-state index contributed by atoms with van der Waals surface area (Å²) in [5.41, 5.74) is 1.23. The normalized spacial score (nSPS) is 18.9. The molecule has 0 aliphatic carbocycles. The Labute approximate surface area is 107 Å². The van der Waals surface area contributed by atoms with Gasteiger partial charge in [0.15, 0.2) is 6.04 Å². The summed E-state index contributed by atoms with van der Waals surface area (Å²) in [6.07, 6.45) is -3.37. The molecular weight excluding hydrogens is 259 g/mol. The highest BCUT2D eigenvalue weighted by molar-refractivity contribution is 5.89. The van der Waals surface area contributed by atoms with Crippen molar-refractivity contribution in [2.24, 2.45) is 0 Å². The minimum atomic E-state index is -4.66. The number of aliphatic carboxylic acids is 1. The molecule has 0 fully saturated rings. The molecule has 2 N–H and O–H groups in total. The smallest absolute Gasteiger partial charge is 0.413 e. The van der Waals surface area contributed by atoms with Gasteiger partial charge in [0.05, 0.1) is 5.57 Å². The maximum absolute atomic E-state index is 12.9. The first-order chi connectivity index (χ1) is 8.79. The van der Waals surface area contributed by atoms with E-state index in [1.54, 1.807) is 18.2 Å². The Hall–Kier alpha value is -1.98. The van der Waals surface area contributed by atoms with Crippen LogP contribution in [0, 0.1) is 6.92 Å². The number of carboxylic acids is 1. The molecule has 1 aromatic carbocycles. The van der Waals surface area contributed by atoms with Gasteiger partial charge in [0, 0.05) is 5.69 Å². The van der Waals surface area contributed by atoms with Crippen LogP contribution in [0.3, 0.4) is 0 Å². The summed E-state index contributed by atoms with van der Waals surface area (Å²) in [5, 5.41) is 11.2. The number of nitrogens with one attached hydrogen (secondary N) is 1. The van der Waals surface area contributed by atoms with Crippen molar-refractivity contribution in [2.45, 2.75) is 25.6 Å². The SMILES string of the molecule is Cc1ccc2c(c1)CC=C(C(=O)O)C(C(F)(F)F)N2. The van der Waals surface area contributed by atoms with E-state index in [9.17, 15) is 18.0 Å². The van der Waals surface area contributed by atoms with Crippen LogP contribution in [0.4, 0.5) is 18.9 Å². The van der Waals surface area contributed by atoms with Crippen LogP contribution in [0.5, 0.6) is 0 Å². The molecule has 6 heteroatoms. The summed E-state index contributed by atoms with van der Waals surface area (Å²) >= 11 is 0. The lowest BCUT2D eigenvalue weighted by atomic mass is 10.1. The summed E-state index contributed by atoms with van der Waals surface area (Å²) in [7, 11) is 0. The van der Waals surface area contributed by atoms with Crippen molar-refractivity contribution in [2.75, 3.05) is 5.32 Å². The topological polar surface area (TPSA) is 49.3 Å². The standard InChI is InChI=1S/C13H12F3NO2/c1-7-2-5-10-8(6-7)3-4-9(12(18)19)11(17-10)13(14,15)16/h2,4-6,11,17H,3H2,1H3,(H,18,19). The van der Waals surface area contributed by atoms with Gasteiger partial charge in [-0.3, -0.25) is 0 Å². The van der Waals surface area contributed by atoms with E-state index < -0.39 is 23.8 Å². The number of benzene rings is 1. The quantitative estimate of drug-likeness (QED) is 0.825. The zero-order valence-electron chi connectivity index (χ0n) is 10.1. The van der Waals surface area contributed by atoms with Crippen LogP contribution in [-0.4, -0.2) is 23.3 Å². The molecule has 1 aromatic rings. The Kier molecular flexibility index (Phi) is 3.26. The number of carbonyl (C=O) groups is 1. The molecule has 0 saturated heterocycles. The van der Waals surface area contributed by atoms with Crippen molar-refractivity contribution in [1.29, 1.82) is 0 Å². The van der Waals surface area contributed by atoms with Gasteiger partial charge in [0.2, 0.25) is 0 Å². The third-order valence-corrected chi connectivity index (χ3v) is 2.99. The molecule has 19 heavy (non-hydrogen) atoms. The number of alkyl halides is 3. The van der Waals surface area contributed by atoms with Crippen LogP contribution < -0.4 is 5.32 Å². The van der Waals surface area contributed by atoms with Gasteiger partial charge in [-0.1, -0.05) is 23.8 Å². The molecule has 0 saturated carbocycles. The minimum Gasteiger partial charge on any atom is -0.478 e. The Morgan fingerprint density at radius 2 is 2.11 bits per heavy atom. The lowest BCUT2D eigenvalue weighted by molar-refractivity contribution is -0.146. The second-order valence-electron chi connectivity index (χ2n) is 4.45. The van der Waals surface area contributed by atoms with Gasteiger partial charge in [-0.05, 0) is 25.0 Å². The fourth-order valence-corrected chi connectivity index (χ4v) is 2.07. The van der Waals surface area contributed by atoms with Crippen LogP contribution >= 0.6 is 0 Å². The van der Waals surface area contributed by atoms with E-state index in [1.165, 1.54) is 0 Å². The van der Waals surface area contributed by atoms with Crippen LogP contribution in [0.25, 0.3) is 0 Å². The molecule has 0 radical (unpaired) electrons. The number of hydrogen-bond acceptors (Lipinski definition) is 2. The number of halogens is 3. The van der Waals surface area contributed by atoms with Crippen molar-refractivity contribution >= 4 is 11.7 Å².